The Hall–Kier alpha value is -0.590. The molecule has 0 aromatic carbocycles. The van der Waals surface area contributed by atoms with E-state index in [1.165, 1.54) is 18.4 Å². The minimum Gasteiger partial charge on any atom is -0.299 e. The van der Waals surface area contributed by atoms with Gasteiger partial charge in [-0.15, -0.1) is 0 Å². The lowest BCUT2D eigenvalue weighted by Crippen LogP contribution is -2.27. The highest BCUT2D eigenvalue weighted by Crippen LogP contribution is 2.42. The average Bonchev–Trinajstić information content (AvgIpc) is 2.07. The van der Waals surface area contributed by atoms with Gasteiger partial charge in [-0.05, 0) is 42.6 Å². The van der Waals surface area contributed by atoms with Crippen molar-refractivity contribution < 1.29 is 4.79 Å². The minimum atomic E-state index is 0.418. The second kappa shape index (κ2) is 4.29. The van der Waals surface area contributed by atoms with Crippen LogP contribution in [0.25, 0.3) is 0 Å². The number of hydrogen-bond donors (Lipinski definition) is 0. The first-order chi connectivity index (χ1) is 6.45. The van der Waals surface area contributed by atoms with Crippen LogP contribution in [0.5, 0.6) is 0 Å². The lowest BCUT2D eigenvalue weighted by molar-refractivity contribution is -0.104. The maximum absolute atomic E-state index is 10.4. The first-order valence-corrected chi connectivity index (χ1v) is 5.59. The Morgan fingerprint density at radius 1 is 1.36 bits per heavy atom. The third-order valence-corrected chi connectivity index (χ3v) is 3.56. The fourth-order valence-corrected chi connectivity index (χ4v) is 2.40. The van der Waals surface area contributed by atoms with E-state index < -0.39 is 0 Å². The standard InChI is InChI=1S/C13H22O/c1-10-9-12(13(2,3)4)6-5-11(10)7-8-14/h7-8,10,12H,5-6,9H2,1-4H3/b11-7+. The van der Waals surface area contributed by atoms with Crippen LogP contribution in [0.15, 0.2) is 11.6 Å². The maximum Gasteiger partial charge on any atom is 0.142 e. The molecule has 0 radical (unpaired) electrons. The van der Waals surface area contributed by atoms with E-state index in [0.717, 1.165) is 18.6 Å². The molecule has 1 nitrogen and oxygen atoms in total. The zero-order valence-electron chi connectivity index (χ0n) is 9.84. The molecule has 1 saturated carbocycles. The molecule has 0 aliphatic heterocycles. The molecule has 0 bridgehead atoms. The van der Waals surface area contributed by atoms with E-state index in [2.05, 4.69) is 27.7 Å². The maximum atomic E-state index is 10.4. The Bertz CT molecular complexity index is 232. The van der Waals surface area contributed by atoms with E-state index in [1.807, 2.05) is 0 Å². The van der Waals surface area contributed by atoms with Crippen molar-refractivity contribution in [2.24, 2.45) is 17.3 Å². The molecular weight excluding hydrogens is 172 g/mol. The second-order valence-corrected chi connectivity index (χ2v) is 5.62. The van der Waals surface area contributed by atoms with Crippen molar-refractivity contribution in [3.8, 4) is 0 Å². The van der Waals surface area contributed by atoms with Crippen molar-refractivity contribution in [3.63, 3.8) is 0 Å². The summed E-state index contributed by atoms with van der Waals surface area (Å²) >= 11 is 0. The summed E-state index contributed by atoms with van der Waals surface area (Å²) in [7, 11) is 0. The zero-order chi connectivity index (χ0) is 10.8. The van der Waals surface area contributed by atoms with E-state index in [1.54, 1.807) is 6.08 Å². The van der Waals surface area contributed by atoms with Crippen LogP contribution in [-0.4, -0.2) is 6.29 Å². The van der Waals surface area contributed by atoms with E-state index in [9.17, 15) is 4.79 Å². The number of rotatable bonds is 1. The van der Waals surface area contributed by atoms with Crippen LogP contribution in [0.2, 0.25) is 0 Å². The van der Waals surface area contributed by atoms with Gasteiger partial charge in [-0.25, -0.2) is 0 Å². The molecule has 1 heteroatoms. The van der Waals surface area contributed by atoms with E-state index >= 15 is 0 Å². The van der Waals surface area contributed by atoms with Gasteiger partial charge in [-0.2, -0.15) is 0 Å². The largest absolute Gasteiger partial charge is 0.299 e. The summed E-state index contributed by atoms with van der Waals surface area (Å²) in [6.45, 7) is 9.20. The van der Waals surface area contributed by atoms with Crippen molar-refractivity contribution in [1.82, 2.24) is 0 Å². The number of carbonyl (C=O) groups excluding carboxylic acids is 1. The Labute approximate surface area is 87.6 Å². The number of hydrogen-bond acceptors (Lipinski definition) is 1. The highest BCUT2D eigenvalue weighted by molar-refractivity contribution is 5.66. The van der Waals surface area contributed by atoms with Crippen LogP contribution in [0.4, 0.5) is 0 Å². The molecule has 0 spiro atoms. The monoisotopic (exact) mass is 194 g/mol. The zero-order valence-corrected chi connectivity index (χ0v) is 9.84. The molecule has 0 heterocycles. The highest BCUT2D eigenvalue weighted by atomic mass is 16.1. The van der Waals surface area contributed by atoms with E-state index in [4.69, 9.17) is 0 Å². The van der Waals surface area contributed by atoms with E-state index in [-0.39, 0.29) is 0 Å². The smallest absolute Gasteiger partial charge is 0.142 e. The lowest BCUT2D eigenvalue weighted by Gasteiger charge is -2.37. The van der Waals surface area contributed by atoms with Crippen LogP contribution < -0.4 is 0 Å². The van der Waals surface area contributed by atoms with Crippen LogP contribution >= 0.6 is 0 Å². The Balaban J connectivity index is 2.64. The minimum absolute atomic E-state index is 0.418. The third-order valence-electron chi connectivity index (χ3n) is 3.56. The number of carbonyl (C=O) groups is 1. The van der Waals surface area contributed by atoms with Gasteiger partial charge in [0.2, 0.25) is 0 Å². The van der Waals surface area contributed by atoms with Crippen molar-refractivity contribution >= 4 is 6.29 Å². The molecule has 1 fully saturated rings. The molecule has 1 aliphatic carbocycles. The van der Waals surface area contributed by atoms with Crippen LogP contribution in [0.3, 0.4) is 0 Å². The van der Waals surface area contributed by atoms with Gasteiger partial charge in [0.05, 0.1) is 0 Å². The molecular formula is C13H22O. The predicted octanol–water partition coefficient (Wildman–Crippen LogP) is 3.59. The molecule has 80 valence electrons. The fraction of sp³-hybridized carbons (Fsp3) is 0.769. The summed E-state index contributed by atoms with van der Waals surface area (Å²) in [4.78, 5) is 10.4. The summed E-state index contributed by atoms with van der Waals surface area (Å²) in [6, 6.07) is 0. The average molecular weight is 194 g/mol. The molecule has 0 aromatic heterocycles. The van der Waals surface area contributed by atoms with Gasteiger partial charge in [-0.3, -0.25) is 4.79 Å². The van der Waals surface area contributed by atoms with Crippen molar-refractivity contribution in [3.05, 3.63) is 11.6 Å². The number of allylic oxidation sites excluding steroid dienone is 2. The van der Waals surface area contributed by atoms with Gasteiger partial charge in [0.1, 0.15) is 6.29 Å². The Morgan fingerprint density at radius 3 is 2.43 bits per heavy atom. The molecule has 2 unspecified atom stereocenters. The predicted molar refractivity (Wildman–Crippen MR) is 60.1 cm³/mol. The quantitative estimate of drug-likeness (QED) is 0.460. The van der Waals surface area contributed by atoms with Crippen LogP contribution in [0.1, 0.15) is 47.0 Å². The van der Waals surface area contributed by atoms with Crippen molar-refractivity contribution in [2.45, 2.75) is 47.0 Å². The van der Waals surface area contributed by atoms with Crippen LogP contribution in [0, 0.1) is 17.3 Å². The van der Waals surface area contributed by atoms with Gasteiger partial charge in [-0.1, -0.05) is 33.3 Å². The first-order valence-electron chi connectivity index (χ1n) is 5.59. The fourth-order valence-electron chi connectivity index (χ4n) is 2.40. The topological polar surface area (TPSA) is 17.1 Å². The molecule has 1 aliphatic rings. The molecule has 0 saturated heterocycles. The van der Waals surface area contributed by atoms with Gasteiger partial charge >= 0.3 is 0 Å². The summed E-state index contributed by atoms with van der Waals surface area (Å²) in [5.74, 6) is 1.40. The summed E-state index contributed by atoms with van der Waals surface area (Å²) in [5, 5.41) is 0. The van der Waals surface area contributed by atoms with E-state index in [0.29, 0.717) is 11.3 Å². The van der Waals surface area contributed by atoms with Gasteiger partial charge in [0.15, 0.2) is 0 Å². The first kappa shape index (κ1) is 11.5. The molecule has 2 atom stereocenters. The van der Waals surface area contributed by atoms with Gasteiger partial charge < -0.3 is 0 Å². The third kappa shape index (κ3) is 2.70. The summed E-state index contributed by atoms with van der Waals surface area (Å²) < 4.78 is 0. The molecule has 0 N–H and O–H groups in total. The molecule has 0 amide bonds. The number of aldehydes is 1. The van der Waals surface area contributed by atoms with Crippen molar-refractivity contribution in [1.29, 1.82) is 0 Å². The summed E-state index contributed by atoms with van der Waals surface area (Å²) in [5.41, 5.74) is 1.77. The van der Waals surface area contributed by atoms with Gasteiger partial charge in [0.25, 0.3) is 0 Å². The highest BCUT2D eigenvalue weighted by Gasteiger charge is 2.30. The molecule has 14 heavy (non-hydrogen) atoms. The van der Waals surface area contributed by atoms with Crippen molar-refractivity contribution in [2.75, 3.05) is 0 Å². The van der Waals surface area contributed by atoms with Crippen LogP contribution in [-0.2, 0) is 4.79 Å². The SMILES string of the molecule is CC1CC(C(C)(C)C)CC/C1=C\C=O. The summed E-state index contributed by atoms with van der Waals surface area (Å²) in [6.07, 6.45) is 6.30. The van der Waals surface area contributed by atoms with Gasteiger partial charge in [0, 0.05) is 0 Å². The molecule has 1 rings (SSSR count). The molecule has 0 aromatic rings. The Morgan fingerprint density at radius 2 is 2.00 bits per heavy atom. The normalized spacial score (nSPS) is 31.9. The Kier molecular flexibility index (Phi) is 3.52. The second-order valence-electron chi connectivity index (χ2n) is 5.62. The lowest BCUT2D eigenvalue weighted by atomic mass is 9.68.